The summed E-state index contributed by atoms with van der Waals surface area (Å²) in [5, 5.41) is 0. The maximum atomic E-state index is 11.5. The zero-order valence-corrected chi connectivity index (χ0v) is 13.5. The molecule has 0 aliphatic rings. The van der Waals surface area contributed by atoms with Crippen molar-refractivity contribution in [1.29, 1.82) is 0 Å². The predicted molar refractivity (Wildman–Crippen MR) is 78.6 cm³/mol. The number of hydrogen-bond donors (Lipinski definition) is 0. The van der Waals surface area contributed by atoms with E-state index in [2.05, 4.69) is 41.8 Å². The second kappa shape index (κ2) is 7.94. The molecule has 0 spiro atoms. The van der Waals surface area contributed by atoms with Gasteiger partial charge in [-0.3, -0.25) is 9.59 Å². The molecule has 108 valence electrons. The van der Waals surface area contributed by atoms with Gasteiger partial charge in [0.2, 0.25) is 0 Å². The first-order valence-electron chi connectivity index (χ1n) is 6.21. The van der Waals surface area contributed by atoms with E-state index in [1.165, 1.54) is 14.2 Å². The molecule has 0 aromatic carbocycles. The van der Waals surface area contributed by atoms with E-state index >= 15 is 0 Å². The maximum Gasteiger partial charge on any atom is 0.320 e. The minimum Gasteiger partial charge on any atom is -0.468 e. The Bertz CT molecular complexity index is 350. The Morgan fingerprint density at radius 2 is 1.63 bits per heavy atom. The number of esters is 2. The van der Waals surface area contributed by atoms with Gasteiger partial charge in [-0.25, -0.2) is 0 Å². The Morgan fingerprint density at radius 1 is 1.16 bits per heavy atom. The smallest absolute Gasteiger partial charge is 0.320 e. The highest BCUT2D eigenvalue weighted by atomic mass is 28.3. The molecule has 4 nitrogen and oxygen atoms in total. The van der Waals surface area contributed by atoms with E-state index in [1.54, 1.807) is 0 Å². The van der Waals surface area contributed by atoms with Crippen molar-refractivity contribution in [2.45, 2.75) is 32.1 Å². The van der Waals surface area contributed by atoms with Crippen LogP contribution in [0, 0.1) is 5.92 Å². The van der Waals surface area contributed by atoms with Crippen molar-refractivity contribution in [1.82, 2.24) is 0 Å². The van der Waals surface area contributed by atoms with Crippen molar-refractivity contribution in [3.05, 3.63) is 24.3 Å². The molecular weight excluding hydrogens is 260 g/mol. The van der Waals surface area contributed by atoms with Gasteiger partial charge in [-0.2, -0.15) is 0 Å². The summed E-state index contributed by atoms with van der Waals surface area (Å²) in [6.07, 6.45) is 4.15. The van der Waals surface area contributed by atoms with Crippen LogP contribution in [0.1, 0.15) is 6.42 Å². The largest absolute Gasteiger partial charge is 0.468 e. The second-order valence-electron chi connectivity index (χ2n) is 5.63. The summed E-state index contributed by atoms with van der Waals surface area (Å²) in [6.45, 7) is 10.7. The molecule has 0 unspecified atom stereocenters. The molecule has 0 N–H and O–H groups in total. The van der Waals surface area contributed by atoms with E-state index < -0.39 is 25.9 Å². The van der Waals surface area contributed by atoms with Gasteiger partial charge in [-0.05, 0) is 12.5 Å². The molecule has 19 heavy (non-hydrogen) atoms. The summed E-state index contributed by atoms with van der Waals surface area (Å²) in [4.78, 5) is 23.0. The van der Waals surface area contributed by atoms with Crippen LogP contribution in [0.5, 0.6) is 0 Å². The van der Waals surface area contributed by atoms with E-state index in [0.29, 0.717) is 0 Å². The number of carbonyl (C=O) groups excluding carboxylic acids is 2. The topological polar surface area (TPSA) is 52.6 Å². The Morgan fingerprint density at radius 3 is 2.00 bits per heavy atom. The van der Waals surface area contributed by atoms with E-state index in [-0.39, 0.29) is 6.42 Å². The van der Waals surface area contributed by atoms with Gasteiger partial charge in [0.25, 0.3) is 0 Å². The number of hydrogen-bond acceptors (Lipinski definition) is 4. The third-order valence-corrected chi connectivity index (χ3v) is 3.98. The lowest BCUT2D eigenvalue weighted by molar-refractivity contribution is -0.158. The molecule has 0 saturated heterocycles. The summed E-state index contributed by atoms with van der Waals surface area (Å²) in [7, 11) is 1.37. The number of methoxy groups -OCH3 is 2. The normalized spacial score (nSPS) is 11.7. The van der Waals surface area contributed by atoms with Crippen LogP contribution in [0.2, 0.25) is 25.7 Å². The molecule has 0 fully saturated rings. The zero-order chi connectivity index (χ0) is 15.1. The summed E-state index contributed by atoms with van der Waals surface area (Å²) >= 11 is 0. The molecule has 0 amide bonds. The molecular formula is C14H24O4Si. The fraction of sp³-hybridized carbons (Fsp3) is 0.571. The van der Waals surface area contributed by atoms with Crippen LogP contribution in [-0.2, 0) is 19.1 Å². The Kier molecular flexibility index (Phi) is 7.37. The van der Waals surface area contributed by atoms with Gasteiger partial charge in [0.1, 0.15) is 0 Å². The van der Waals surface area contributed by atoms with Gasteiger partial charge in [-0.1, -0.05) is 43.9 Å². The third-order valence-electron chi connectivity index (χ3n) is 2.52. The molecule has 0 atom stereocenters. The lowest BCUT2D eigenvalue weighted by Gasteiger charge is -2.13. The van der Waals surface area contributed by atoms with E-state index in [4.69, 9.17) is 0 Å². The van der Waals surface area contributed by atoms with E-state index in [0.717, 1.165) is 11.6 Å². The van der Waals surface area contributed by atoms with Crippen LogP contribution in [0.15, 0.2) is 24.3 Å². The molecule has 0 rings (SSSR count). The van der Waals surface area contributed by atoms with Gasteiger partial charge in [0.15, 0.2) is 5.92 Å². The van der Waals surface area contributed by atoms with Crippen LogP contribution in [0.4, 0.5) is 0 Å². The van der Waals surface area contributed by atoms with Crippen molar-refractivity contribution in [2.75, 3.05) is 14.2 Å². The first-order valence-corrected chi connectivity index (χ1v) is 9.92. The Labute approximate surface area is 116 Å². The van der Waals surface area contributed by atoms with Crippen molar-refractivity contribution in [3.8, 4) is 0 Å². The molecule has 0 aliphatic carbocycles. The molecule has 0 heterocycles. The summed E-state index contributed by atoms with van der Waals surface area (Å²) < 4.78 is 9.19. The lowest BCUT2D eigenvalue weighted by Crippen LogP contribution is -2.26. The fourth-order valence-electron chi connectivity index (χ4n) is 1.46. The van der Waals surface area contributed by atoms with Crippen LogP contribution in [0.3, 0.4) is 0 Å². The van der Waals surface area contributed by atoms with Crippen LogP contribution in [-0.4, -0.2) is 34.2 Å². The van der Waals surface area contributed by atoms with Gasteiger partial charge in [0.05, 0.1) is 14.2 Å². The average Bonchev–Trinajstić information content (AvgIpc) is 2.32. The molecule has 0 radical (unpaired) electrons. The minimum atomic E-state index is -1.13. The van der Waals surface area contributed by atoms with E-state index in [9.17, 15) is 9.59 Å². The lowest BCUT2D eigenvalue weighted by atomic mass is 10.0. The van der Waals surface area contributed by atoms with Crippen molar-refractivity contribution < 1.29 is 19.1 Å². The Hall–Kier alpha value is -1.36. The van der Waals surface area contributed by atoms with E-state index in [1.807, 2.05) is 6.08 Å². The van der Waals surface area contributed by atoms with Gasteiger partial charge < -0.3 is 9.47 Å². The highest BCUT2D eigenvalue weighted by molar-refractivity contribution is 6.76. The van der Waals surface area contributed by atoms with Crippen LogP contribution >= 0.6 is 0 Å². The molecule has 0 aromatic rings. The highest BCUT2D eigenvalue weighted by Crippen LogP contribution is 2.16. The average molecular weight is 284 g/mol. The third kappa shape index (κ3) is 7.61. The van der Waals surface area contributed by atoms with Crippen LogP contribution < -0.4 is 0 Å². The van der Waals surface area contributed by atoms with Gasteiger partial charge in [-0.15, -0.1) is 0 Å². The SMILES string of the molecule is C=C(/C=C\C[Si](C)(C)C)CC(C(=O)OC)C(=O)OC. The minimum absolute atomic E-state index is 0.224. The summed E-state index contributed by atoms with van der Waals surface area (Å²) in [5.74, 6) is -2.11. The molecule has 0 bridgehead atoms. The summed E-state index contributed by atoms with van der Waals surface area (Å²) in [6, 6.07) is 1.03. The maximum absolute atomic E-state index is 11.5. The van der Waals surface area contributed by atoms with Crippen molar-refractivity contribution in [2.24, 2.45) is 5.92 Å². The standard InChI is InChI=1S/C14H24O4Si/c1-11(8-7-9-19(4,5)6)10-12(13(15)17-2)14(16)18-3/h7-8,12H,1,9-10H2,2-6H3/b8-7-. The number of rotatable bonds is 7. The monoisotopic (exact) mass is 284 g/mol. The first kappa shape index (κ1) is 17.6. The van der Waals surface area contributed by atoms with Gasteiger partial charge in [0, 0.05) is 8.07 Å². The Balaban J connectivity index is 4.56. The fourth-order valence-corrected chi connectivity index (χ4v) is 2.28. The quantitative estimate of drug-likeness (QED) is 0.312. The molecule has 0 aromatic heterocycles. The molecule has 5 heteroatoms. The highest BCUT2D eigenvalue weighted by Gasteiger charge is 2.28. The van der Waals surface area contributed by atoms with Crippen molar-refractivity contribution in [3.63, 3.8) is 0 Å². The molecule has 0 aliphatic heterocycles. The van der Waals surface area contributed by atoms with Crippen LogP contribution in [0.25, 0.3) is 0 Å². The predicted octanol–water partition coefficient (Wildman–Crippen LogP) is 2.79. The second-order valence-corrected chi connectivity index (χ2v) is 11.2. The van der Waals surface area contributed by atoms with Crippen molar-refractivity contribution >= 4 is 20.0 Å². The van der Waals surface area contributed by atoms with Gasteiger partial charge >= 0.3 is 11.9 Å². The zero-order valence-electron chi connectivity index (χ0n) is 12.5. The number of ether oxygens (including phenoxy) is 2. The summed E-state index contributed by atoms with van der Waals surface area (Å²) in [5.41, 5.74) is 0.721. The molecule has 0 saturated carbocycles. The number of carbonyl (C=O) groups is 2. The first-order chi connectivity index (χ1) is 8.71. The number of allylic oxidation sites excluding steroid dienone is 3.